The molecule has 0 aliphatic heterocycles. The van der Waals surface area contributed by atoms with Crippen LogP contribution in [0.1, 0.15) is 5.56 Å². The van der Waals surface area contributed by atoms with Crippen molar-refractivity contribution in [2.45, 2.75) is 3.79 Å². The van der Waals surface area contributed by atoms with Gasteiger partial charge in [0, 0.05) is 17.0 Å². The van der Waals surface area contributed by atoms with Crippen LogP contribution < -0.4 is 5.63 Å². The first-order valence-electron chi connectivity index (χ1n) is 4.08. The lowest BCUT2D eigenvalue weighted by atomic mass is 10.1. The SMILES string of the molecule is O=c1ccc2cc(C(Cl)(Cl)Cl)ccc2o1. The van der Waals surface area contributed by atoms with Gasteiger partial charge in [0.25, 0.3) is 0 Å². The maximum absolute atomic E-state index is 10.9. The first kappa shape index (κ1) is 10.8. The summed E-state index contributed by atoms with van der Waals surface area (Å²) in [7, 11) is 0. The van der Waals surface area contributed by atoms with Gasteiger partial charge in [-0.2, -0.15) is 0 Å². The van der Waals surface area contributed by atoms with Crippen LogP contribution >= 0.6 is 34.8 Å². The zero-order chi connectivity index (χ0) is 11.1. The minimum Gasteiger partial charge on any atom is -0.423 e. The maximum Gasteiger partial charge on any atom is 0.336 e. The Kier molecular flexibility index (Phi) is 2.67. The maximum atomic E-state index is 10.9. The fraction of sp³-hybridized carbons (Fsp3) is 0.100. The van der Waals surface area contributed by atoms with Gasteiger partial charge in [-0.05, 0) is 18.2 Å². The lowest BCUT2D eigenvalue weighted by Gasteiger charge is -2.11. The molecule has 1 aromatic heterocycles. The van der Waals surface area contributed by atoms with E-state index in [4.69, 9.17) is 39.2 Å². The molecule has 0 N–H and O–H groups in total. The molecule has 0 aliphatic rings. The van der Waals surface area contributed by atoms with Crippen LogP contribution in [0.5, 0.6) is 0 Å². The van der Waals surface area contributed by atoms with Crippen LogP contribution in [0.25, 0.3) is 11.0 Å². The zero-order valence-corrected chi connectivity index (χ0v) is 9.60. The van der Waals surface area contributed by atoms with E-state index in [0.717, 1.165) is 5.39 Å². The standard InChI is InChI=1S/C10H5Cl3O2/c11-10(12,13)7-2-3-8-6(5-7)1-4-9(14)15-8/h1-5H. The Morgan fingerprint density at radius 3 is 2.47 bits per heavy atom. The van der Waals surface area contributed by atoms with Crippen LogP contribution in [0, 0.1) is 0 Å². The topological polar surface area (TPSA) is 30.2 Å². The van der Waals surface area contributed by atoms with E-state index in [-0.39, 0.29) is 0 Å². The Labute approximate surface area is 100 Å². The molecule has 78 valence electrons. The van der Waals surface area contributed by atoms with E-state index < -0.39 is 9.42 Å². The normalized spacial score (nSPS) is 11.9. The third kappa shape index (κ3) is 2.28. The highest BCUT2D eigenvalue weighted by Gasteiger charge is 2.22. The van der Waals surface area contributed by atoms with E-state index in [0.29, 0.717) is 11.1 Å². The molecule has 0 unspecified atom stereocenters. The quantitative estimate of drug-likeness (QED) is 0.537. The Balaban J connectivity index is 2.67. The van der Waals surface area contributed by atoms with Gasteiger partial charge in [0.05, 0.1) is 0 Å². The number of hydrogen-bond acceptors (Lipinski definition) is 2. The van der Waals surface area contributed by atoms with E-state index in [9.17, 15) is 4.79 Å². The van der Waals surface area contributed by atoms with Gasteiger partial charge in [-0.1, -0.05) is 40.9 Å². The molecule has 2 aromatic rings. The Morgan fingerprint density at radius 2 is 1.80 bits per heavy atom. The summed E-state index contributed by atoms with van der Waals surface area (Å²) in [6.07, 6.45) is 0. The molecule has 0 bridgehead atoms. The second-order valence-electron chi connectivity index (χ2n) is 3.00. The van der Waals surface area contributed by atoms with Crippen LogP contribution in [0.4, 0.5) is 0 Å². The second kappa shape index (κ2) is 3.71. The van der Waals surface area contributed by atoms with E-state index in [1.165, 1.54) is 6.07 Å². The smallest absolute Gasteiger partial charge is 0.336 e. The molecule has 0 saturated heterocycles. The van der Waals surface area contributed by atoms with Crippen molar-refractivity contribution in [2.75, 3.05) is 0 Å². The average Bonchev–Trinajstić information content (AvgIpc) is 2.15. The Hall–Kier alpha value is -0.700. The highest BCUT2D eigenvalue weighted by molar-refractivity contribution is 6.66. The third-order valence-corrected chi connectivity index (χ3v) is 2.60. The number of fused-ring (bicyclic) bond motifs is 1. The molecule has 0 fully saturated rings. The van der Waals surface area contributed by atoms with Gasteiger partial charge in [0.2, 0.25) is 3.79 Å². The summed E-state index contributed by atoms with van der Waals surface area (Å²) >= 11 is 17.2. The van der Waals surface area contributed by atoms with Gasteiger partial charge in [-0.25, -0.2) is 4.79 Å². The molecule has 2 nitrogen and oxygen atoms in total. The number of halogens is 3. The first-order chi connectivity index (χ1) is 6.97. The van der Waals surface area contributed by atoms with Crippen molar-refractivity contribution in [3.8, 4) is 0 Å². The summed E-state index contributed by atoms with van der Waals surface area (Å²) in [5.41, 5.74) is 0.610. The molecular formula is C10H5Cl3O2. The van der Waals surface area contributed by atoms with E-state index in [2.05, 4.69) is 0 Å². The summed E-state index contributed by atoms with van der Waals surface area (Å²) in [6, 6.07) is 7.84. The summed E-state index contributed by atoms with van der Waals surface area (Å²) in [5, 5.41) is 0.721. The van der Waals surface area contributed by atoms with E-state index >= 15 is 0 Å². The van der Waals surface area contributed by atoms with E-state index in [1.807, 2.05) is 0 Å². The van der Waals surface area contributed by atoms with E-state index in [1.54, 1.807) is 24.3 Å². The third-order valence-electron chi connectivity index (χ3n) is 1.95. The van der Waals surface area contributed by atoms with Crippen LogP contribution in [0.3, 0.4) is 0 Å². The van der Waals surface area contributed by atoms with Gasteiger partial charge in [-0.15, -0.1) is 0 Å². The number of hydrogen-bond donors (Lipinski definition) is 0. The van der Waals surface area contributed by atoms with Crippen molar-refractivity contribution >= 4 is 45.8 Å². The number of alkyl halides is 3. The lowest BCUT2D eigenvalue weighted by Crippen LogP contribution is -2.00. The fourth-order valence-corrected chi connectivity index (χ4v) is 1.60. The molecule has 1 aromatic carbocycles. The van der Waals surface area contributed by atoms with Crippen molar-refractivity contribution in [3.05, 3.63) is 46.3 Å². The molecule has 5 heteroatoms. The monoisotopic (exact) mass is 262 g/mol. The molecule has 2 rings (SSSR count). The van der Waals surface area contributed by atoms with Gasteiger partial charge >= 0.3 is 5.63 Å². The molecule has 1 heterocycles. The van der Waals surface area contributed by atoms with Gasteiger partial charge in [0.15, 0.2) is 0 Å². The van der Waals surface area contributed by atoms with Crippen LogP contribution in [0.2, 0.25) is 0 Å². The molecule has 15 heavy (non-hydrogen) atoms. The summed E-state index contributed by atoms with van der Waals surface area (Å²) in [5.74, 6) is 0. The highest BCUT2D eigenvalue weighted by atomic mass is 35.6. The second-order valence-corrected chi connectivity index (χ2v) is 5.29. The molecule has 0 amide bonds. The molecule has 0 saturated carbocycles. The van der Waals surface area contributed by atoms with Crippen molar-refractivity contribution < 1.29 is 4.42 Å². The van der Waals surface area contributed by atoms with Gasteiger partial charge < -0.3 is 4.42 Å². The van der Waals surface area contributed by atoms with Crippen molar-refractivity contribution in [1.82, 2.24) is 0 Å². The summed E-state index contributed by atoms with van der Waals surface area (Å²) in [4.78, 5) is 10.9. The molecule has 0 atom stereocenters. The highest BCUT2D eigenvalue weighted by Crippen LogP contribution is 2.38. The predicted molar refractivity (Wildman–Crippen MR) is 61.7 cm³/mol. The molecule has 0 spiro atoms. The molecular weight excluding hydrogens is 258 g/mol. The minimum atomic E-state index is -1.47. The summed E-state index contributed by atoms with van der Waals surface area (Å²) < 4.78 is 3.48. The largest absolute Gasteiger partial charge is 0.423 e. The summed E-state index contributed by atoms with van der Waals surface area (Å²) in [6.45, 7) is 0. The molecule has 0 aliphatic carbocycles. The first-order valence-corrected chi connectivity index (χ1v) is 5.21. The lowest BCUT2D eigenvalue weighted by molar-refractivity contribution is 0.561. The zero-order valence-electron chi connectivity index (χ0n) is 7.34. The minimum absolute atomic E-state index is 0.399. The van der Waals surface area contributed by atoms with Gasteiger partial charge in [-0.3, -0.25) is 0 Å². The predicted octanol–water partition coefficient (Wildman–Crippen LogP) is 3.62. The van der Waals surface area contributed by atoms with Crippen molar-refractivity contribution in [1.29, 1.82) is 0 Å². The number of rotatable bonds is 0. The fourth-order valence-electron chi connectivity index (χ4n) is 1.25. The average molecular weight is 264 g/mol. The Bertz CT molecular complexity index is 554. The Morgan fingerprint density at radius 1 is 1.07 bits per heavy atom. The van der Waals surface area contributed by atoms with Crippen molar-refractivity contribution in [2.24, 2.45) is 0 Å². The van der Waals surface area contributed by atoms with Crippen LogP contribution in [-0.4, -0.2) is 0 Å². The van der Waals surface area contributed by atoms with Crippen molar-refractivity contribution in [3.63, 3.8) is 0 Å². The van der Waals surface area contributed by atoms with Crippen LogP contribution in [-0.2, 0) is 3.79 Å². The molecule has 0 radical (unpaired) electrons. The van der Waals surface area contributed by atoms with Crippen LogP contribution in [0.15, 0.2) is 39.5 Å². The van der Waals surface area contributed by atoms with Gasteiger partial charge in [0.1, 0.15) is 5.58 Å². The number of benzene rings is 1.